The summed E-state index contributed by atoms with van der Waals surface area (Å²) in [6, 6.07) is 6.79. The van der Waals surface area contributed by atoms with Gasteiger partial charge in [0.25, 0.3) is 0 Å². The number of ketones is 1. The first-order valence-electron chi connectivity index (χ1n) is 9.34. The van der Waals surface area contributed by atoms with Crippen LogP contribution in [0.5, 0.6) is 5.75 Å². The zero-order valence-electron chi connectivity index (χ0n) is 16.5. The number of Topliss-reactive ketones (excluding diaryl/α,β-unsaturated/α-hetero) is 1. The normalized spacial score (nSPS) is 28.1. The summed E-state index contributed by atoms with van der Waals surface area (Å²) in [6.45, 7) is 7.22. The lowest BCUT2D eigenvalue weighted by Crippen LogP contribution is -2.40. The highest BCUT2D eigenvalue weighted by Gasteiger charge is 2.56. The van der Waals surface area contributed by atoms with Gasteiger partial charge in [-0.2, -0.15) is 0 Å². The fourth-order valence-corrected chi connectivity index (χ4v) is 4.34. The molecule has 1 aromatic carbocycles. The summed E-state index contributed by atoms with van der Waals surface area (Å²) in [5.41, 5.74) is 0.0637. The van der Waals surface area contributed by atoms with Gasteiger partial charge in [0.2, 0.25) is 5.91 Å². The molecule has 3 rings (SSSR count). The van der Waals surface area contributed by atoms with Crippen LogP contribution in [0.1, 0.15) is 52.1 Å². The predicted octanol–water partition coefficient (Wildman–Crippen LogP) is 3.75. The highest BCUT2D eigenvalue weighted by Crippen LogP contribution is 2.50. The summed E-state index contributed by atoms with van der Waals surface area (Å²) < 4.78 is 10.8. The van der Waals surface area contributed by atoms with Crippen molar-refractivity contribution in [3.8, 4) is 5.75 Å². The van der Waals surface area contributed by atoms with Crippen LogP contribution in [-0.2, 0) is 14.3 Å². The fraction of sp³-hybridized carbons (Fsp3) is 0.571. The van der Waals surface area contributed by atoms with Crippen LogP contribution in [0.2, 0.25) is 0 Å². The molecular weight excluding hydrogens is 346 g/mol. The number of carbonyl (C=O) groups excluding carboxylic acids is 3. The third-order valence-corrected chi connectivity index (χ3v) is 5.32. The van der Waals surface area contributed by atoms with E-state index in [-0.39, 0.29) is 29.4 Å². The van der Waals surface area contributed by atoms with Crippen molar-refractivity contribution in [1.29, 1.82) is 0 Å². The zero-order chi connectivity index (χ0) is 19.9. The van der Waals surface area contributed by atoms with Crippen LogP contribution in [0.3, 0.4) is 0 Å². The maximum absolute atomic E-state index is 13.2. The summed E-state index contributed by atoms with van der Waals surface area (Å²) >= 11 is 0. The van der Waals surface area contributed by atoms with Crippen molar-refractivity contribution in [2.24, 2.45) is 17.8 Å². The Hall–Kier alpha value is -2.37. The molecule has 1 aliphatic carbocycles. The molecule has 1 saturated carbocycles. The molecule has 0 N–H and O–H groups in total. The van der Waals surface area contributed by atoms with E-state index in [1.54, 1.807) is 27.9 Å². The topological polar surface area (TPSA) is 72.9 Å². The van der Waals surface area contributed by atoms with Gasteiger partial charge in [-0.15, -0.1) is 0 Å². The number of ether oxygens (including phenoxy) is 2. The van der Waals surface area contributed by atoms with Crippen LogP contribution >= 0.6 is 0 Å². The first-order chi connectivity index (χ1) is 12.6. The van der Waals surface area contributed by atoms with Gasteiger partial charge < -0.3 is 9.47 Å². The van der Waals surface area contributed by atoms with Gasteiger partial charge in [-0.05, 0) is 44.4 Å². The molecule has 6 nitrogen and oxygen atoms in total. The van der Waals surface area contributed by atoms with Gasteiger partial charge >= 0.3 is 6.09 Å². The summed E-state index contributed by atoms with van der Waals surface area (Å²) in [6.07, 6.45) is 0.0105. The number of nitrogens with zero attached hydrogens (tertiary/aromatic N) is 1. The quantitative estimate of drug-likeness (QED) is 0.789. The minimum absolute atomic E-state index is 0.0932. The Morgan fingerprint density at radius 2 is 1.89 bits per heavy atom. The minimum Gasteiger partial charge on any atom is -0.497 e. The summed E-state index contributed by atoms with van der Waals surface area (Å²) in [7, 11) is 1.57. The number of benzene rings is 1. The van der Waals surface area contributed by atoms with Gasteiger partial charge in [0, 0.05) is 24.7 Å². The first kappa shape index (κ1) is 19.4. The fourth-order valence-electron chi connectivity index (χ4n) is 4.34. The Morgan fingerprint density at radius 3 is 2.52 bits per heavy atom. The van der Waals surface area contributed by atoms with Gasteiger partial charge in [0.15, 0.2) is 0 Å². The molecule has 1 aromatic rings. The number of hydrogen-bond donors (Lipinski definition) is 0. The van der Waals surface area contributed by atoms with Crippen LogP contribution in [0.4, 0.5) is 4.79 Å². The number of hydrogen-bond acceptors (Lipinski definition) is 5. The summed E-state index contributed by atoms with van der Waals surface area (Å²) in [4.78, 5) is 39.6. The van der Waals surface area contributed by atoms with Gasteiger partial charge in [0.05, 0.1) is 13.2 Å². The van der Waals surface area contributed by atoms with Crippen molar-refractivity contribution in [3.63, 3.8) is 0 Å². The van der Waals surface area contributed by atoms with E-state index >= 15 is 0 Å². The Bertz CT molecular complexity index is 766. The molecule has 2 aliphatic rings. The largest absolute Gasteiger partial charge is 0.497 e. The Morgan fingerprint density at radius 1 is 1.19 bits per heavy atom. The molecule has 0 aromatic heterocycles. The molecule has 0 radical (unpaired) electrons. The van der Waals surface area contributed by atoms with Crippen molar-refractivity contribution < 1.29 is 23.9 Å². The summed E-state index contributed by atoms with van der Waals surface area (Å²) in [5, 5.41) is 0. The Kier molecular flexibility index (Phi) is 5.02. The van der Waals surface area contributed by atoms with E-state index in [9.17, 15) is 14.4 Å². The molecule has 0 spiro atoms. The Balaban J connectivity index is 2.06. The molecule has 6 heteroatoms. The molecule has 4 atom stereocenters. The SMILES string of the molecule is COc1cccc([C@@H]2[C@H]3CC(=O)C[C@H](C)[C@H]3C(=O)N2C(=O)OC(C)(C)C)c1. The van der Waals surface area contributed by atoms with Crippen LogP contribution in [0.25, 0.3) is 0 Å². The van der Waals surface area contributed by atoms with Crippen molar-refractivity contribution >= 4 is 17.8 Å². The smallest absolute Gasteiger partial charge is 0.417 e. The highest BCUT2D eigenvalue weighted by molar-refractivity contribution is 5.98. The number of imide groups is 1. The van der Waals surface area contributed by atoms with Crippen LogP contribution in [-0.4, -0.2) is 35.4 Å². The number of likely N-dealkylation sites (tertiary alicyclic amines) is 1. The standard InChI is InChI=1S/C21H27NO5/c1-12-9-14(23)11-16-17(12)19(24)22(20(25)27-21(2,3)4)18(16)13-7-6-8-15(10-13)26-5/h6-8,10,12,16-18H,9,11H2,1-5H3/t12-,16-,17+,18+/m0/s1. The first-order valence-corrected chi connectivity index (χ1v) is 9.34. The average molecular weight is 373 g/mol. The number of carbonyl (C=O) groups is 3. The third-order valence-electron chi connectivity index (χ3n) is 5.32. The van der Waals surface area contributed by atoms with Crippen LogP contribution < -0.4 is 4.74 Å². The van der Waals surface area contributed by atoms with Gasteiger partial charge in [-0.3, -0.25) is 9.59 Å². The molecule has 27 heavy (non-hydrogen) atoms. The van der Waals surface area contributed by atoms with E-state index in [2.05, 4.69) is 0 Å². The Labute approximate surface area is 159 Å². The maximum Gasteiger partial charge on any atom is 0.417 e. The number of amides is 2. The lowest BCUT2D eigenvalue weighted by molar-refractivity contribution is -0.134. The number of rotatable bonds is 2. The molecule has 0 bridgehead atoms. The van der Waals surface area contributed by atoms with Crippen molar-refractivity contribution in [1.82, 2.24) is 4.90 Å². The van der Waals surface area contributed by atoms with E-state index in [4.69, 9.17) is 9.47 Å². The number of fused-ring (bicyclic) bond motifs is 1. The number of methoxy groups -OCH3 is 1. The van der Waals surface area contributed by atoms with E-state index in [0.717, 1.165) is 5.56 Å². The van der Waals surface area contributed by atoms with Crippen molar-refractivity contribution in [2.75, 3.05) is 7.11 Å². The molecule has 2 fully saturated rings. The van der Waals surface area contributed by atoms with Gasteiger partial charge in [0.1, 0.15) is 17.1 Å². The van der Waals surface area contributed by atoms with E-state index in [1.807, 2.05) is 31.2 Å². The maximum atomic E-state index is 13.2. The highest BCUT2D eigenvalue weighted by atomic mass is 16.6. The van der Waals surface area contributed by atoms with Gasteiger partial charge in [-0.25, -0.2) is 9.69 Å². The third kappa shape index (κ3) is 3.70. The lowest BCUT2D eigenvalue weighted by atomic mass is 9.70. The monoisotopic (exact) mass is 373 g/mol. The molecule has 0 unspecified atom stereocenters. The van der Waals surface area contributed by atoms with E-state index in [0.29, 0.717) is 18.6 Å². The second-order valence-electron chi connectivity index (χ2n) is 8.52. The molecule has 1 saturated heterocycles. The average Bonchev–Trinajstić information content (AvgIpc) is 2.86. The molecular formula is C21H27NO5. The minimum atomic E-state index is -0.717. The van der Waals surface area contributed by atoms with Gasteiger partial charge in [-0.1, -0.05) is 19.1 Å². The summed E-state index contributed by atoms with van der Waals surface area (Å²) in [5.74, 6) is -0.163. The molecule has 1 aliphatic heterocycles. The zero-order valence-corrected chi connectivity index (χ0v) is 16.5. The van der Waals surface area contributed by atoms with E-state index < -0.39 is 17.7 Å². The molecule has 2 amide bonds. The van der Waals surface area contributed by atoms with Crippen LogP contribution in [0, 0.1) is 17.8 Å². The van der Waals surface area contributed by atoms with E-state index in [1.165, 1.54) is 4.90 Å². The van der Waals surface area contributed by atoms with Crippen LogP contribution in [0.15, 0.2) is 24.3 Å². The molecule has 146 valence electrons. The molecule has 1 heterocycles. The lowest BCUT2D eigenvalue weighted by Gasteiger charge is -2.32. The van der Waals surface area contributed by atoms with Crippen molar-refractivity contribution in [3.05, 3.63) is 29.8 Å². The second-order valence-corrected chi connectivity index (χ2v) is 8.52. The van der Waals surface area contributed by atoms with Crippen molar-refractivity contribution in [2.45, 2.75) is 52.2 Å². The predicted molar refractivity (Wildman–Crippen MR) is 99.2 cm³/mol. The second kappa shape index (κ2) is 6.98.